The van der Waals surface area contributed by atoms with Crippen molar-refractivity contribution < 1.29 is 0 Å². The lowest BCUT2D eigenvalue weighted by Gasteiger charge is -2.14. The average molecular weight is 251 g/mol. The van der Waals surface area contributed by atoms with Crippen LogP contribution in [0.25, 0.3) is 0 Å². The number of hydrogen-bond donors (Lipinski definition) is 0. The Labute approximate surface area is 106 Å². The van der Waals surface area contributed by atoms with Crippen molar-refractivity contribution in [2.75, 3.05) is 0 Å². The van der Waals surface area contributed by atoms with E-state index in [9.17, 15) is 0 Å². The van der Waals surface area contributed by atoms with Crippen LogP contribution in [0, 0.1) is 20.8 Å². The van der Waals surface area contributed by atoms with Crippen LogP contribution in [0.4, 0.5) is 0 Å². The highest BCUT2D eigenvalue weighted by atomic mass is 35.5. The Morgan fingerprint density at radius 2 is 1.62 bits per heavy atom. The Hall–Kier alpha value is -0.790. The molecule has 16 heavy (non-hydrogen) atoms. The first-order valence-corrected chi connectivity index (χ1v) is 6.61. The van der Waals surface area contributed by atoms with Gasteiger partial charge in [0.05, 0.1) is 5.38 Å². The maximum atomic E-state index is 6.57. The van der Waals surface area contributed by atoms with E-state index in [1.54, 1.807) is 11.3 Å². The van der Waals surface area contributed by atoms with E-state index >= 15 is 0 Å². The largest absolute Gasteiger partial charge is 0.144 e. The lowest BCUT2D eigenvalue weighted by Crippen LogP contribution is -1.97. The van der Waals surface area contributed by atoms with Gasteiger partial charge in [0.2, 0.25) is 0 Å². The van der Waals surface area contributed by atoms with Crippen molar-refractivity contribution in [3.8, 4) is 0 Å². The fraction of sp³-hybridized carbons (Fsp3) is 0.286. The number of aryl methyl sites for hydroxylation is 3. The molecule has 2 rings (SSSR count). The third-order valence-electron chi connectivity index (χ3n) is 2.81. The van der Waals surface area contributed by atoms with Gasteiger partial charge in [0.15, 0.2) is 0 Å². The van der Waals surface area contributed by atoms with E-state index in [-0.39, 0.29) is 5.38 Å². The van der Waals surface area contributed by atoms with Gasteiger partial charge in [-0.3, -0.25) is 0 Å². The minimum Gasteiger partial charge on any atom is -0.144 e. The second-order valence-electron chi connectivity index (χ2n) is 4.12. The van der Waals surface area contributed by atoms with E-state index < -0.39 is 0 Å². The maximum Gasteiger partial charge on any atom is 0.0932 e. The summed E-state index contributed by atoms with van der Waals surface area (Å²) in [5.74, 6) is 0. The lowest BCUT2D eigenvalue weighted by atomic mass is 9.99. The summed E-state index contributed by atoms with van der Waals surface area (Å²) in [4.78, 5) is 2.54. The van der Waals surface area contributed by atoms with Crippen molar-refractivity contribution in [3.05, 3.63) is 56.8 Å². The Bertz CT molecular complexity index is 479. The second-order valence-corrected chi connectivity index (χ2v) is 5.87. The smallest absolute Gasteiger partial charge is 0.0932 e. The van der Waals surface area contributed by atoms with Crippen LogP contribution in [-0.2, 0) is 0 Å². The molecule has 2 aromatic rings. The molecule has 0 spiro atoms. The fourth-order valence-corrected chi connectivity index (χ4v) is 3.37. The molecule has 84 valence electrons. The van der Waals surface area contributed by atoms with Crippen LogP contribution in [0.3, 0.4) is 0 Å². The van der Waals surface area contributed by atoms with Crippen LogP contribution >= 0.6 is 22.9 Å². The molecule has 0 bridgehead atoms. The molecule has 1 heterocycles. The number of halogens is 1. The van der Waals surface area contributed by atoms with Crippen molar-refractivity contribution in [2.24, 2.45) is 0 Å². The molecule has 0 N–H and O–H groups in total. The van der Waals surface area contributed by atoms with Crippen molar-refractivity contribution in [1.82, 2.24) is 0 Å². The minimum atomic E-state index is -0.0140. The van der Waals surface area contributed by atoms with Crippen LogP contribution in [0.5, 0.6) is 0 Å². The number of rotatable bonds is 2. The summed E-state index contributed by atoms with van der Waals surface area (Å²) in [7, 11) is 0. The highest BCUT2D eigenvalue weighted by Crippen LogP contribution is 2.36. The second kappa shape index (κ2) is 4.60. The van der Waals surface area contributed by atoms with Crippen molar-refractivity contribution in [2.45, 2.75) is 26.1 Å². The molecular weight excluding hydrogens is 236 g/mol. The molecule has 1 unspecified atom stereocenters. The SMILES string of the molecule is Cc1ccc(C(Cl)c2c(C)cccc2C)s1. The summed E-state index contributed by atoms with van der Waals surface area (Å²) in [5.41, 5.74) is 3.79. The van der Waals surface area contributed by atoms with Gasteiger partial charge in [-0.05, 0) is 49.6 Å². The van der Waals surface area contributed by atoms with Crippen molar-refractivity contribution in [1.29, 1.82) is 0 Å². The predicted molar refractivity (Wildman–Crippen MR) is 72.7 cm³/mol. The molecule has 0 saturated carbocycles. The van der Waals surface area contributed by atoms with E-state index in [0.29, 0.717) is 0 Å². The van der Waals surface area contributed by atoms with E-state index in [2.05, 4.69) is 51.1 Å². The Balaban J connectivity index is 2.45. The van der Waals surface area contributed by atoms with Gasteiger partial charge in [-0.25, -0.2) is 0 Å². The van der Waals surface area contributed by atoms with Gasteiger partial charge in [0.25, 0.3) is 0 Å². The highest BCUT2D eigenvalue weighted by Gasteiger charge is 2.16. The minimum absolute atomic E-state index is 0.0140. The van der Waals surface area contributed by atoms with E-state index in [4.69, 9.17) is 11.6 Å². The van der Waals surface area contributed by atoms with Gasteiger partial charge in [-0.15, -0.1) is 22.9 Å². The van der Waals surface area contributed by atoms with Crippen molar-refractivity contribution >= 4 is 22.9 Å². The van der Waals surface area contributed by atoms with Gasteiger partial charge in [0, 0.05) is 9.75 Å². The zero-order valence-electron chi connectivity index (χ0n) is 9.75. The van der Waals surface area contributed by atoms with Crippen LogP contribution in [0.15, 0.2) is 30.3 Å². The molecular formula is C14H15ClS. The molecule has 0 radical (unpaired) electrons. The van der Waals surface area contributed by atoms with Gasteiger partial charge < -0.3 is 0 Å². The van der Waals surface area contributed by atoms with E-state index in [0.717, 1.165) is 0 Å². The molecule has 1 aromatic carbocycles. The van der Waals surface area contributed by atoms with Gasteiger partial charge in [-0.2, -0.15) is 0 Å². The summed E-state index contributed by atoms with van der Waals surface area (Å²) in [5, 5.41) is -0.0140. The lowest BCUT2D eigenvalue weighted by molar-refractivity contribution is 1.11. The molecule has 0 aliphatic carbocycles. The predicted octanol–water partition coefficient (Wildman–Crippen LogP) is 5.00. The van der Waals surface area contributed by atoms with Gasteiger partial charge >= 0.3 is 0 Å². The van der Waals surface area contributed by atoms with Crippen LogP contribution < -0.4 is 0 Å². The fourth-order valence-electron chi connectivity index (χ4n) is 1.96. The molecule has 2 heteroatoms. The molecule has 1 aromatic heterocycles. The Kier molecular flexibility index (Phi) is 3.36. The summed E-state index contributed by atoms with van der Waals surface area (Å²) in [6.07, 6.45) is 0. The standard InChI is InChI=1S/C14H15ClS/c1-9-5-4-6-10(2)13(9)14(15)12-8-7-11(3)16-12/h4-8,14H,1-3H3. The third-order valence-corrected chi connectivity index (χ3v) is 4.45. The number of benzene rings is 1. The van der Waals surface area contributed by atoms with Gasteiger partial charge in [-0.1, -0.05) is 18.2 Å². The third kappa shape index (κ3) is 2.16. The first-order chi connectivity index (χ1) is 7.59. The summed E-state index contributed by atoms with van der Waals surface area (Å²) in [6.45, 7) is 6.36. The summed E-state index contributed by atoms with van der Waals surface area (Å²) >= 11 is 8.34. The van der Waals surface area contributed by atoms with E-state index in [1.165, 1.54) is 26.4 Å². The Morgan fingerprint density at radius 1 is 1.00 bits per heavy atom. The topological polar surface area (TPSA) is 0 Å². The first kappa shape index (κ1) is 11.7. The molecule has 0 saturated heterocycles. The first-order valence-electron chi connectivity index (χ1n) is 5.36. The molecule has 0 aliphatic heterocycles. The van der Waals surface area contributed by atoms with Crippen LogP contribution in [0.1, 0.15) is 31.8 Å². The average Bonchev–Trinajstić information content (AvgIpc) is 2.64. The summed E-state index contributed by atoms with van der Waals surface area (Å²) < 4.78 is 0. The van der Waals surface area contributed by atoms with Crippen molar-refractivity contribution in [3.63, 3.8) is 0 Å². The Morgan fingerprint density at radius 3 is 2.12 bits per heavy atom. The summed E-state index contributed by atoms with van der Waals surface area (Å²) in [6, 6.07) is 10.6. The maximum absolute atomic E-state index is 6.57. The molecule has 0 nitrogen and oxygen atoms in total. The van der Waals surface area contributed by atoms with Gasteiger partial charge in [0.1, 0.15) is 0 Å². The molecule has 0 aliphatic rings. The highest BCUT2D eigenvalue weighted by molar-refractivity contribution is 7.12. The molecule has 0 fully saturated rings. The molecule has 1 atom stereocenters. The van der Waals surface area contributed by atoms with E-state index in [1.807, 2.05) is 0 Å². The monoisotopic (exact) mass is 250 g/mol. The number of alkyl halides is 1. The van der Waals surface area contributed by atoms with Crippen LogP contribution in [0.2, 0.25) is 0 Å². The zero-order valence-corrected chi connectivity index (χ0v) is 11.3. The number of hydrogen-bond acceptors (Lipinski definition) is 1. The quantitative estimate of drug-likeness (QED) is 0.658. The zero-order chi connectivity index (χ0) is 11.7. The number of thiophene rings is 1. The van der Waals surface area contributed by atoms with Crippen LogP contribution in [-0.4, -0.2) is 0 Å². The molecule has 0 amide bonds. The normalized spacial score (nSPS) is 12.8.